The number of carbonyl (C=O) groups excluding carboxylic acids is 1. The molecule has 7 nitrogen and oxygen atoms in total. The minimum Gasteiger partial charge on any atom is -0.493 e. The highest BCUT2D eigenvalue weighted by atomic mass is 35.5. The normalized spacial score (nSPS) is 17.8. The van der Waals surface area contributed by atoms with Crippen molar-refractivity contribution in [3.05, 3.63) is 93.9 Å². The molecule has 2 unspecified atom stereocenters. The summed E-state index contributed by atoms with van der Waals surface area (Å²) in [4.78, 5) is 22.6. The van der Waals surface area contributed by atoms with Gasteiger partial charge in [0.2, 0.25) is 0 Å². The Morgan fingerprint density at radius 3 is 2.54 bits per heavy atom. The van der Waals surface area contributed by atoms with Gasteiger partial charge in [-0.1, -0.05) is 60.5 Å². The number of allylic oxidation sites excluding steroid dienone is 1. The van der Waals surface area contributed by atoms with Crippen LogP contribution in [0.2, 0.25) is 10.0 Å². The number of aromatic nitrogens is 1. The first-order chi connectivity index (χ1) is 16.8. The highest BCUT2D eigenvalue weighted by Crippen LogP contribution is 2.34. The molecular weight excluding hydrogens is 489 g/mol. The Labute approximate surface area is 214 Å². The van der Waals surface area contributed by atoms with Crippen molar-refractivity contribution in [3.8, 4) is 11.5 Å². The fourth-order valence-electron chi connectivity index (χ4n) is 3.64. The van der Waals surface area contributed by atoms with E-state index in [1.165, 1.54) is 25.1 Å². The number of hydroxylamine groups is 1. The van der Waals surface area contributed by atoms with Gasteiger partial charge in [0.1, 0.15) is 12.2 Å². The van der Waals surface area contributed by atoms with Crippen molar-refractivity contribution in [3.63, 3.8) is 0 Å². The van der Waals surface area contributed by atoms with Crippen molar-refractivity contribution in [1.29, 1.82) is 0 Å². The fraction of sp³-hybridized carbons (Fsp3) is 0.231. The van der Waals surface area contributed by atoms with Crippen LogP contribution in [0, 0.1) is 0 Å². The molecule has 2 aromatic carbocycles. The minimum atomic E-state index is -0.722. The summed E-state index contributed by atoms with van der Waals surface area (Å²) in [6.45, 7) is 4.21. The molecule has 0 spiro atoms. The molecule has 0 aliphatic carbocycles. The standard InChI is InChI=1S/C26H25Cl2N3O4/c1-16(17-7-5-4-6-8-17)21-12-26(2,35-31-21)15-34-23-11-18(9-10-22(23)33-3)25(32)30-24-19(27)13-29-14-20(24)28/h4-14,16,31H,15H2,1-3H3,(H,29,30,32). The summed E-state index contributed by atoms with van der Waals surface area (Å²) >= 11 is 12.2. The number of carbonyl (C=O) groups is 1. The van der Waals surface area contributed by atoms with Crippen LogP contribution in [0.25, 0.3) is 0 Å². The van der Waals surface area contributed by atoms with Gasteiger partial charge in [-0.3, -0.25) is 20.1 Å². The molecule has 1 aliphatic heterocycles. The maximum absolute atomic E-state index is 12.9. The van der Waals surface area contributed by atoms with Gasteiger partial charge in [-0.05, 0) is 36.8 Å². The molecule has 2 atom stereocenters. The van der Waals surface area contributed by atoms with E-state index in [2.05, 4.69) is 34.8 Å². The molecule has 0 radical (unpaired) electrons. The van der Waals surface area contributed by atoms with Crippen LogP contribution < -0.4 is 20.3 Å². The van der Waals surface area contributed by atoms with Crippen LogP contribution >= 0.6 is 23.2 Å². The molecule has 0 saturated carbocycles. The second-order valence-corrected chi connectivity index (χ2v) is 9.15. The van der Waals surface area contributed by atoms with Gasteiger partial charge in [0.15, 0.2) is 11.5 Å². The molecule has 0 bridgehead atoms. The van der Waals surface area contributed by atoms with Crippen LogP contribution in [-0.2, 0) is 4.84 Å². The molecule has 2 heterocycles. The zero-order chi connectivity index (χ0) is 25.0. The zero-order valence-electron chi connectivity index (χ0n) is 19.5. The highest BCUT2D eigenvalue weighted by molar-refractivity contribution is 6.39. The van der Waals surface area contributed by atoms with Crippen LogP contribution in [0.4, 0.5) is 5.69 Å². The first-order valence-corrected chi connectivity index (χ1v) is 11.7. The Morgan fingerprint density at radius 1 is 1.14 bits per heavy atom. The van der Waals surface area contributed by atoms with E-state index in [0.29, 0.717) is 17.1 Å². The summed E-state index contributed by atoms with van der Waals surface area (Å²) in [7, 11) is 1.54. The van der Waals surface area contributed by atoms with E-state index in [-0.39, 0.29) is 28.3 Å². The molecule has 182 valence electrons. The molecule has 1 amide bonds. The SMILES string of the molecule is COc1ccc(C(=O)Nc2c(Cl)cncc2Cl)cc1OCC1(C)C=C(C(C)c2ccccc2)NO1. The number of rotatable bonds is 8. The molecule has 1 aromatic heterocycles. The number of hydrogen-bond acceptors (Lipinski definition) is 6. The van der Waals surface area contributed by atoms with Crippen LogP contribution in [0.1, 0.15) is 35.7 Å². The van der Waals surface area contributed by atoms with Gasteiger partial charge in [-0.25, -0.2) is 0 Å². The third-order valence-corrected chi connectivity index (χ3v) is 6.23. The summed E-state index contributed by atoms with van der Waals surface area (Å²) < 4.78 is 11.5. The van der Waals surface area contributed by atoms with Crippen molar-refractivity contribution < 1.29 is 19.1 Å². The molecule has 0 fully saturated rings. The maximum atomic E-state index is 12.9. The summed E-state index contributed by atoms with van der Waals surface area (Å²) in [6.07, 6.45) is 4.83. The van der Waals surface area contributed by atoms with E-state index in [9.17, 15) is 4.79 Å². The minimum absolute atomic E-state index is 0.131. The number of benzene rings is 2. The number of pyridine rings is 1. The van der Waals surface area contributed by atoms with E-state index in [1.54, 1.807) is 18.2 Å². The molecule has 1 aliphatic rings. The Bertz CT molecular complexity index is 1230. The summed E-state index contributed by atoms with van der Waals surface area (Å²) in [6, 6.07) is 15.0. The van der Waals surface area contributed by atoms with Crippen molar-refractivity contribution in [2.45, 2.75) is 25.4 Å². The van der Waals surface area contributed by atoms with Gasteiger partial charge >= 0.3 is 0 Å². The number of amides is 1. The Hall–Kier alpha value is -3.26. The van der Waals surface area contributed by atoms with Gasteiger partial charge in [0.05, 0.1) is 22.8 Å². The van der Waals surface area contributed by atoms with E-state index >= 15 is 0 Å². The quantitative estimate of drug-likeness (QED) is 0.383. The number of nitrogens with one attached hydrogen (secondary N) is 2. The van der Waals surface area contributed by atoms with E-state index in [1.807, 2.05) is 31.2 Å². The van der Waals surface area contributed by atoms with Crippen molar-refractivity contribution in [1.82, 2.24) is 10.5 Å². The Morgan fingerprint density at radius 2 is 1.86 bits per heavy atom. The smallest absolute Gasteiger partial charge is 0.255 e. The van der Waals surface area contributed by atoms with E-state index in [4.69, 9.17) is 37.5 Å². The van der Waals surface area contributed by atoms with Crippen LogP contribution in [0.3, 0.4) is 0 Å². The third kappa shape index (κ3) is 5.70. The number of hydrogen-bond donors (Lipinski definition) is 2. The maximum Gasteiger partial charge on any atom is 0.255 e. The first kappa shape index (κ1) is 24.9. The number of methoxy groups -OCH3 is 1. The number of halogens is 2. The highest BCUT2D eigenvalue weighted by Gasteiger charge is 2.33. The summed E-state index contributed by atoms with van der Waals surface area (Å²) in [5, 5.41) is 3.19. The first-order valence-electron chi connectivity index (χ1n) is 10.9. The zero-order valence-corrected chi connectivity index (χ0v) is 21.0. The molecule has 0 saturated heterocycles. The van der Waals surface area contributed by atoms with Gasteiger partial charge in [-0.15, -0.1) is 0 Å². The average molecular weight is 514 g/mol. The van der Waals surface area contributed by atoms with Gasteiger partial charge in [-0.2, -0.15) is 0 Å². The van der Waals surface area contributed by atoms with Crippen molar-refractivity contribution >= 4 is 34.8 Å². The topological polar surface area (TPSA) is 81.7 Å². The lowest BCUT2D eigenvalue weighted by molar-refractivity contribution is -0.0535. The van der Waals surface area contributed by atoms with Gasteiger partial charge in [0.25, 0.3) is 5.91 Å². The number of ether oxygens (including phenoxy) is 2. The molecule has 9 heteroatoms. The predicted octanol–water partition coefficient (Wildman–Crippen LogP) is 6.01. The Kier molecular flexibility index (Phi) is 7.50. The largest absolute Gasteiger partial charge is 0.493 e. The van der Waals surface area contributed by atoms with Crippen LogP contribution in [-0.4, -0.2) is 30.2 Å². The molecule has 3 aromatic rings. The van der Waals surface area contributed by atoms with Crippen LogP contribution in [0.5, 0.6) is 11.5 Å². The average Bonchev–Trinajstić information content (AvgIpc) is 3.27. The van der Waals surface area contributed by atoms with E-state index in [0.717, 1.165) is 5.70 Å². The van der Waals surface area contributed by atoms with Crippen LogP contribution in [0.15, 0.2) is 72.7 Å². The third-order valence-electron chi connectivity index (χ3n) is 5.66. The number of anilines is 1. The second-order valence-electron chi connectivity index (χ2n) is 8.34. The molecule has 2 N–H and O–H groups in total. The molecule has 4 rings (SSSR count). The van der Waals surface area contributed by atoms with E-state index < -0.39 is 11.5 Å². The summed E-state index contributed by atoms with van der Waals surface area (Å²) in [5.74, 6) is 0.607. The van der Waals surface area contributed by atoms with Gasteiger partial charge < -0.3 is 14.8 Å². The van der Waals surface area contributed by atoms with Crippen molar-refractivity contribution in [2.75, 3.05) is 19.0 Å². The monoisotopic (exact) mass is 513 g/mol. The molecular formula is C26H25Cl2N3O4. The lowest BCUT2D eigenvalue weighted by Crippen LogP contribution is -2.33. The second kappa shape index (κ2) is 10.6. The fourth-order valence-corrected chi connectivity index (χ4v) is 4.10. The predicted molar refractivity (Wildman–Crippen MR) is 136 cm³/mol. The summed E-state index contributed by atoms with van der Waals surface area (Å²) in [5.41, 5.74) is 5.07. The lowest BCUT2D eigenvalue weighted by Gasteiger charge is -2.21. The number of nitrogens with zero attached hydrogens (tertiary/aromatic N) is 1. The lowest BCUT2D eigenvalue weighted by atomic mass is 9.95. The molecule has 35 heavy (non-hydrogen) atoms. The van der Waals surface area contributed by atoms with Gasteiger partial charge in [0, 0.05) is 29.6 Å². The van der Waals surface area contributed by atoms with Crippen molar-refractivity contribution in [2.24, 2.45) is 0 Å². The Balaban J connectivity index is 1.49.